The number of hydrogen-bond donors (Lipinski definition) is 2. The molecule has 0 saturated heterocycles. The normalized spacial score (nSPS) is 13.4. The van der Waals surface area contributed by atoms with E-state index in [0.29, 0.717) is 12.8 Å². The van der Waals surface area contributed by atoms with Crippen LogP contribution in [0.25, 0.3) is 0 Å². The average Bonchev–Trinajstić information content (AvgIpc) is 2.47. The van der Waals surface area contributed by atoms with Gasteiger partial charge in [0.05, 0.1) is 0 Å². The van der Waals surface area contributed by atoms with E-state index in [1.807, 2.05) is 61.5 Å². The average molecular weight is 348 g/mol. The number of carboxylic acid groups (broad SMARTS) is 1. The lowest BCUT2D eigenvalue weighted by Crippen LogP contribution is -2.47. The maximum atomic E-state index is 11.9. The van der Waals surface area contributed by atoms with E-state index >= 15 is 0 Å². The Morgan fingerprint density at radius 2 is 1.90 bits per heavy atom. The highest BCUT2D eigenvalue weighted by Gasteiger charge is 2.36. The molecular weight excluding hydrogens is 330 g/mol. The molecule has 2 rings (SSSR count). The van der Waals surface area contributed by atoms with Crippen molar-refractivity contribution >= 4 is 27.6 Å². The van der Waals surface area contributed by atoms with Crippen molar-refractivity contribution in [3.63, 3.8) is 0 Å². The third-order valence-electron chi connectivity index (χ3n) is 3.57. The molecule has 110 valence electrons. The molecule has 2 aromatic rings. The van der Waals surface area contributed by atoms with Crippen LogP contribution in [0.5, 0.6) is 0 Å². The van der Waals surface area contributed by atoms with E-state index in [1.54, 1.807) is 0 Å². The zero-order valence-corrected chi connectivity index (χ0v) is 13.4. The first kappa shape index (κ1) is 15.6. The van der Waals surface area contributed by atoms with Gasteiger partial charge in [0.1, 0.15) is 5.54 Å². The molecular formula is C17H18BrNO2. The number of carboxylic acids is 1. The van der Waals surface area contributed by atoms with Crippen LogP contribution in [0.3, 0.4) is 0 Å². The fourth-order valence-corrected chi connectivity index (χ4v) is 2.72. The van der Waals surface area contributed by atoms with E-state index in [0.717, 1.165) is 15.7 Å². The van der Waals surface area contributed by atoms with Crippen molar-refractivity contribution in [1.29, 1.82) is 0 Å². The fraction of sp³-hybridized carbons (Fsp3) is 0.235. The number of aliphatic carboxylic acids is 1. The first-order valence-corrected chi connectivity index (χ1v) is 7.66. The quantitative estimate of drug-likeness (QED) is 0.817. The topological polar surface area (TPSA) is 49.3 Å². The largest absolute Gasteiger partial charge is 0.479 e. The molecule has 0 bridgehead atoms. The summed E-state index contributed by atoms with van der Waals surface area (Å²) >= 11 is 3.41. The Hall–Kier alpha value is -1.81. The van der Waals surface area contributed by atoms with Gasteiger partial charge >= 0.3 is 5.97 Å². The molecule has 2 aromatic carbocycles. The second-order valence-electron chi connectivity index (χ2n) is 5.04. The van der Waals surface area contributed by atoms with Crippen LogP contribution in [0, 0.1) is 0 Å². The fourth-order valence-electron chi connectivity index (χ4n) is 2.32. The van der Waals surface area contributed by atoms with Crippen molar-refractivity contribution in [2.75, 3.05) is 5.32 Å². The van der Waals surface area contributed by atoms with Gasteiger partial charge in [-0.25, -0.2) is 4.79 Å². The maximum absolute atomic E-state index is 11.9. The van der Waals surface area contributed by atoms with E-state index in [4.69, 9.17) is 0 Å². The van der Waals surface area contributed by atoms with Gasteiger partial charge in [-0.3, -0.25) is 0 Å². The third-order valence-corrected chi connectivity index (χ3v) is 4.06. The molecule has 0 aromatic heterocycles. The molecule has 0 radical (unpaired) electrons. The number of rotatable bonds is 6. The van der Waals surface area contributed by atoms with Crippen molar-refractivity contribution < 1.29 is 9.90 Å². The van der Waals surface area contributed by atoms with E-state index in [-0.39, 0.29) is 0 Å². The lowest BCUT2D eigenvalue weighted by molar-refractivity contribution is -0.142. The van der Waals surface area contributed by atoms with Crippen LogP contribution >= 0.6 is 15.9 Å². The van der Waals surface area contributed by atoms with Gasteiger partial charge < -0.3 is 10.4 Å². The Labute approximate surface area is 133 Å². The van der Waals surface area contributed by atoms with E-state index in [1.165, 1.54) is 0 Å². The highest BCUT2D eigenvalue weighted by Crippen LogP contribution is 2.25. The highest BCUT2D eigenvalue weighted by molar-refractivity contribution is 9.10. The molecule has 3 nitrogen and oxygen atoms in total. The molecule has 2 N–H and O–H groups in total. The number of halogens is 1. The van der Waals surface area contributed by atoms with Crippen molar-refractivity contribution in [3.05, 3.63) is 64.6 Å². The summed E-state index contributed by atoms with van der Waals surface area (Å²) < 4.78 is 0.919. The van der Waals surface area contributed by atoms with E-state index < -0.39 is 11.5 Å². The molecule has 0 saturated carbocycles. The summed E-state index contributed by atoms with van der Waals surface area (Å²) in [4.78, 5) is 11.9. The summed E-state index contributed by atoms with van der Waals surface area (Å²) in [6.45, 7) is 1.89. The van der Waals surface area contributed by atoms with Gasteiger partial charge in [-0.15, -0.1) is 0 Å². The molecule has 0 fully saturated rings. The van der Waals surface area contributed by atoms with Gasteiger partial charge in [-0.05, 0) is 30.2 Å². The van der Waals surface area contributed by atoms with Crippen molar-refractivity contribution in [1.82, 2.24) is 0 Å². The predicted octanol–water partition coefficient (Wildman–Crippen LogP) is 4.34. The Balaban J connectivity index is 2.31. The summed E-state index contributed by atoms with van der Waals surface area (Å²) in [5.74, 6) is -0.839. The zero-order chi connectivity index (χ0) is 15.3. The summed E-state index contributed by atoms with van der Waals surface area (Å²) in [7, 11) is 0. The first-order chi connectivity index (χ1) is 10.1. The zero-order valence-electron chi connectivity index (χ0n) is 11.8. The van der Waals surface area contributed by atoms with Gasteiger partial charge in [-0.2, -0.15) is 0 Å². The lowest BCUT2D eigenvalue weighted by Gasteiger charge is -2.31. The predicted molar refractivity (Wildman–Crippen MR) is 88.6 cm³/mol. The Kier molecular flexibility index (Phi) is 5.02. The Bertz CT molecular complexity index is 615. The minimum absolute atomic E-state index is 0.437. The molecule has 4 heteroatoms. The van der Waals surface area contributed by atoms with Gasteiger partial charge in [0, 0.05) is 16.6 Å². The number of hydrogen-bond acceptors (Lipinski definition) is 2. The van der Waals surface area contributed by atoms with Crippen LogP contribution in [-0.4, -0.2) is 16.6 Å². The second-order valence-corrected chi connectivity index (χ2v) is 5.95. The minimum atomic E-state index is -1.01. The summed E-state index contributed by atoms with van der Waals surface area (Å²) in [5.41, 5.74) is 0.788. The molecule has 1 unspecified atom stereocenters. The molecule has 0 aliphatic rings. The maximum Gasteiger partial charge on any atom is 0.329 e. The van der Waals surface area contributed by atoms with E-state index in [2.05, 4.69) is 21.2 Å². The second kappa shape index (κ2) is 6.76. The molecule has 0 aliphatic carbocycles. The third kappa shape index (κ3) is 3.85. The van der Waals surface area contributed by atoms with Crippen LogP contribution in [0.2, 0.25) is 0 Å². The van der Waals surface area contributed by atoms with E-state index in [9.17, 15) is 9.90 Å². The molecule has 0 aliphatic heterocycles. The SMILES string of the molecule is CCC(Cc1ccccc1)(Nc1cccc(Br)c1)C(=O)O. The number of nitrogens with one attached hydrogen (secondary N) is 1. The van der Waals surface area contributed by atoms with Crippen molar-refractivity contribution in [3.8, 4) is 0 Å². The molecule has 0 heterocycles. The molecule has 21 heavy (non-hydrogen) atoms. The van der Waals surface area contributed by atoms with Crippen molar-refractivity contribution in [2.45, 2.75) is 25.3 Å². The standard InChI is InChI=1S/C17H18BrNO2/c1-2-17(16(20)21,12-13-7-4-3-5-8-13)19-15-10-6-9-14(18)11-15/h3-11,19H,2,12H2,1H3,(H,20,21). The summed E-state index contributed by atoms with van der Waals surface area (Å²) in [5, 5.41) is 12.9. The van der Waals surface area contributed by atoms with Gasteiger partial charge in [0.25, 0.3) is 0 Å². The lowest BCUT2D eigenvalue weighted by atomic mass is 9.87. The smallest absolute Gasteiger partial charge is 0.329 e. The van der Waals surface area contributed by atoms with Crippen LogP contribution < -0.4 is 5.32 Å². The molecule has 0 spiro atoms. The number of anilines is 1. The van der Waals surface area contributed by atoms with Crippen LogP contribution in [0.4, 0.5) is 5.69 Å². The molecule has 0 amide bonds. The Morgan fingerprint density at radius 3 is 2.48 bits per heavy atom. The van der Waals surface area contributed by atoms with Crippen LogP contribution in [0.15, 0.2) is 59.1 Å². The van der Waals surface area contributed by atoms with Crippen LogP contribution in [-0.2, 0) is 11.2 Å². The minimum Gasteiger partial charge on any atom is -0.479 e. The Morgan fingerprint density at radius 1 is 1.19 bits per heavy atom. The summed E-state index contributed by atoms with van der Waals surface area (Å²) in [6, 6.07) is 17.3. The first-order valence-electron chi connectivity index (χ1n) is 6.87. The number of benzene rings is 2. The number of carbonyl (C=O) groups is 1. The van der Waals surface area contributed by atoms with Gasteiger partial charge in [0.2, 0.25) is 0 Å². The van der Waals surface area contributed by atoms with Gasteiger partial charge in [-0.1, -0.05) is 59.3 Å². The van der Waals surface area contributed by atoms with Crippen molar-refractivity contribution in [2.24, 2.45) is 0 Å². The monoisotopic (exact) mass is 347 g/mol. The molecule has 1 atom stereocenters. The summed E-state index contributed by atoms with van der Waals surface area (Å²) in [6.07, 6.45) is 0.927. The van der Waals surface area contributed by atoms with Gasteiger partial charge in [0.15, 0.2) is 0 Å². The highest BCUT2D eigenvalue weighted by atomic mass is 79.9. The van der Waals surface area contributed by atoms with Crippen LogP contribution in [0.1, 0.15) is 18.9 Å².